The molecule has 1 fully saturated rings. The SMILES string of the molecule is CC(C)(C)N1O[C@H]1c1ccc(Cl)cc1. The fraction of sp³-hybridized carbons (Fsp3) is 0.455. The first kappa shape index (κ1) is 9.97. The van der Waals surface area contributed by atoms with Crippen molar-refractivity contribution in [3.8, 4) is 0 Å². The maximum atomic E-state index is 5.81. The largest absolute Gasteiger partial charge is 0.269 e. The second-order valence-electron chi connectivity index (χ2n) is 4.51. The van der Waals surface area contributed by atoms with Crippen LogP contribution in [0.3, 0.4) is 0 Å². The first-order valence-electron chi connectivity index (χ1n) is 4.70. The number of hydrogen-bond donors (Lipinski definition) is 0. The predicted octanol–water partition coefficient (Wildman–Crippen LogP) is 3.38. The van der Waals surface area contributed by atoms with Crippen molar-refractivity contribution in [2.45, 2.75) is 32.5 Å². The molecule has 76 valence electrons. The van der Waals surface area contributed by atoms with Gasteiger partial charge in [0.2, 0.25) is 0 Å². The molecule has 1 heterocycles. The third-order valence-electron chi connectivity index (χ3n) is 2.20. The first-order valence-corrected chi connectivity index (χ1v) is 5.08. The van der Waals surface area contributed by atoms with Crippen LogP contribution in [0.4, 0.5) is 0 Å². The summed E-state index contributed by atoms with van der Waals surface area (Å²) in [4.78, 5) is 5.50. The lowest BCUT2D eigenvalue weighted by atomic mass is 10.1. The molecule has 1 aromatic rings. The van der Waals surface area contributed by atoms with Gasteiger partial charge in [-0.3, -0.25) is 4.84 Å². The molecule has 2 nitrogen and oxygen atoms in total. The maximum absolute atomic E-state index is 5.81. The summed E-state index contributed by atoms with van der Waals surface area (Å²) in [6.45, 7) is 6.38. The molecular formula is C11H14ClNO. The lowest BCUT2D eigenvalue weighted by Crippen LogP contribution is -2.25. The Hall–Kier alpha value is -0.570. The standard InChI is InChI=1S/C11H14ClNO/c1-11(2,3)13-10(14-13)8-4-6-9(12)7-5-8/h4-7,10H,1-3H3/t10-,13?/m0/s1. The highest BCUT2D eigenvalue weighted by atomic mass is 35.5. The summed E-state index contributed by atoms with van der Waals surface area (Å²) in [5, 5.41) is 2.74. The summed E-state index contributed by atoms with van der Waals surface area (Å²) in [6.07, 6.45) is 0.104. The zero-order valence-electron chi connectivity index (χ0n) is 8.62. The zero-order chi connectivity index (χ0) is 10.3. The normalized spacial score (nSPS) is 26.3. The molecule has 0 aliphatic carbocycles. The van der Waals surface area contributed by atoms with Gasteiger partial charge < -0.3 is 0 Å². The summed E-state index contributed by atoms with van der Waals surface area (Å²) in [5.41, 5.74) is 1.22. The summed E-state index contributed by atoms with van der Waals surface area (Å²) >= 11 is 5.81. The van der Waals surface area contributed by atoms with Gasteiger partial charge in [-0.1, -0.05) is 23.7 Å². The topological polar surface area (TPSA) is 15.5 Å². The van der Waals surface area contributed by atoms with E-state index in [4.69, 9.17) is 16.4 Å². The zero-order valence-corrected chi connectivity index (χ0v) is 9.38. The molecular weight excluding hydrogens is 198 g/mol. The molecule has 0 N–H and O–H groups in total. The second kappa shape index (κ2) is 3.23. The minimum Gasteiger partial charge on any atom is -0.269 e. The number of nitrogens with zero attached hydrogens (tertiary/aromatic N) is 1. The highest BCUT2D eigenvalue weighted by Gasteiger charge is 2.45. The fourth-order valence-electron chi connectivity index (χ4n) is 1.41. The lowest BCUT2D eigenvalue weighted by Gasteiger charge is -2.16. The van der Waals surface area contributed by atoms with Crippen molar-refractivity contribution in [2.24, 2.45) is 0 Å². The van der Waals surface area contributed by atoms with Gasteiger partial charge in [-0.2, -0.15) is 0 Å². The van der Waals surface area contributed by atoms with Gasteiger partial charge >= 0.3 is 0 Å². The first-order chi connectivity index (χ1) is 6.48. The van der Waals surface area contributed by atoms with Crippen molar-refractivity contribution >= 4 is 11.6 Å². The van der Waals surface area contributed by atoms with E-state index in [2.05, 4.69) is 20.8 Å². The Kier molecular flexibility index (Phi) is 2.30. The highest BCUT2D eigenvalue weighted by Crippen LogP contribution is 2.43. The number of rotatable bonds is 1. The van der Waals surface area contributed by atoms with Gasteiger partial charge in [-0.25, -0.2) is 0 Å². The quantitative estimate of drug-likeness (QED) is 0.662. The van der Waals surface area contributed by atoms with E-state index in [9.17, 15) is 0 Å². The van der Waals surface area contributed by atoms with Gasteiger partial charge in [0.25, 0.3) is 0 Å². The van der Waals surface area contributed by atoms with Crippen LogP contribution >= 0.6 is 11.6 Å². The van der Waals surface area contributed by atoms with Crippen LogP contribution in [0.25, 0.3) is 0 Å². The Morgan fingerprint density at radius 3 is 2.21 bits per heavy atom. The van der Waals surface area contributed by atoms with Gasteiger partial charge in [0.15, 0.2) is 6.23 Å². The Morgan fingerprint density at radius 1 is 1.21 bits per heavy atom. The molecule has 0 radical (unpaired) electrons. The van der Waals surface area contributed by atoms with Crippen LogP contribution in [-0.2, 0) is 4.84 Å². The van der Waals surface area contributed by atoms with E-state index >= 15 is 0 Å². The molecule has 2 atom stereocenters. The van der Waals surface area contributed by atoms with E-state index in [1.807, 2.05) is 29.3 Å². The van der Waals surface area contributed by atoms with E-state index in [1.54, 1.807) is 0 Å². The maximum Gasteiger partial charge on any atom is 0.180 e. The molecule has 0 bridgehead atoms. The Bertz CT molecular complexity index is 328. The smallest absolute Gasteiger partial charge is 0.180 e. The minimum absolute atomic E-state index is 0.0598. The van der Waals surface area contributed by atoms with Crippen molar-refractivity contribution in [1.29, 1.82) is 0 Å². The van der Waals surface area contributed by atoms with E-state index in [0.717, 1.165) is 10.6 Å². The predicted molar refractivity (Wildman–Crippen MR) is 56.9 cm³/mol. The molecule has 2 rings (SSSR count). The average molecular weight is 212 g/mol. The van der Waals surface area contributed by atoms with Gasteiger partial charge in [0.05, 0.1) is 0 Å². The Labute approximate surface area is 89.4 Å². The molecule has 0 aromatic heterocycles. The van der Waals surface area contributed by atoms with E-state index < -0.39 is 0 Å². The van der Waals surface area contributed by atoms with Crippen LogP contribution in [0, 0.1) is 0 Å². The number of hydroxylamine groups is 2. The highest BCUT2D eigenvalue weighted by molar-refractivity contribution is 6.30. The fourth-order valence-corrected chi connectivity index (χ4v) is 1.54. The van der Waals surface area contributed by atoms with Crippen LogP contribution < -0.4 is 0 Å². The average Bonchev–Trinajstić information content (AvgIpc) is 2.83. The van der Waals surface area contributed by atoms with Crippen molar-refractivity contribution < 1.29 is 4.84 Å². The summed E-state index contributed by atoms with van der Waals surface area (Å²) in [7, 11) is 0. The Balaban J connectivity index is 2.10. The third-order valence-corrected chi connectivity index (χ3v) is 2.45. The van der Waals surface area contributed by atoms with Gasteiger partial charge in [0.1, 0.15) is 0 Å². The van der Waals surface area contributed by atoms with Crippen LogP contribution in [0.15, 0.2) is 24.3 Å². The van der Waals surface area contributed by atoms with E-state index in [1.165, 1.54) is 0 Å². The van der Waals surface area contributed by atoms with Crippen molar-refractivity contribution in [1.82, 2.24) is 5.06 Å². The minimum atomic E-state index is 0.0598. The van der Waals surface area contributed by atoms with Gasteiger partial charge in [-0.15, -0.1) is 5.06 Å². The molecule has 1 aromatic carbocycles. The van der Waals surface area contributed by atoms with Gasteiger partial charge in [0, 0.05) is 10.6 Å². The molecule has 1 unspecified atom stereocenters. The number of halogens is 1. The molecule has 1 saturated heterocycles. The van der Waals surface area contributed by atoms with E-state index in [0.29, 0.717) is 0 Å². The molecule has 3 heteroatoms. The molecule has 0 amide bonds. The molecule has 1 aliphatic rings. The summed E-state index contributed by atoms with van der Waals surface area (Å²) < 4.78 is 0. The lowest BCUT2D eigenvalue weighted by molar-refractivity contribution is 0.101. The van der Waals surface area contributed by atoms with Crippen LogP contribution in [-0.4, -0.2) is 10.6 Å². The monoisotopic (exact) mass is 211 g/mol. The van der Waals surface area contributed by atoms with Crippen LogP contribution in [0.1, 0.15) is 32.6 Å². The Morgan fingerprint density at radius 2 is 1.79 bits per heavy atom. The molecule has 1 aliphatic heterocycles. The summed E-state index contributed by atoms with van der Waals surface area (Å²) in [5.74, 6) is 0. The van der Waals surface area contributed by atoms with E-state index in [-0.39, 0.29) is 11.8 Å². The second-order valence-corrected chi connectivity index (χ2v) is 4.94. The summed E-state index contributed by atoms with van der Waals surface area (Å²) in [6, 6.07) is 7.77. The molecule has 0 saturated carbocycles. The van der Waals surface area contributed by atoms with Crippen LogP contribution in [0.5, 0.6) is 0 Å². The molecule has 14 heavy (non-hydrogen) atoms. The van der Waals surface area contributed by atoms with Crippen LogP contribution in [0.2, 0.25) is 5.02 Å². The molecule has 0 spiro atoms. The van der Waals surface area contributed by atoms with Crippen molar-refractivity contribution in [3.05, 3.63) is 34.9 Å². The van der Waals surface area contributed by atoms with Gasteiger partial charge in [-0.05, 0) is 38.5 Å². The van der Waals surface area contributed by atoms with Crippen molar-refractivity contribution in [2.75, 3.05) is 0 Å². The van der Waals surface area contributed by atoms with Crippen molar-refractivity contribution in [3.63, 3.8) is 0 Å². The number of benzene rings is 1. The number of hydrogen-bond acceptors (Lipinski definition) is 2. The third kappa shape index (κ3) is 1.92.